The molecule has 1 aromatic heterocycles. The van der Waals surface area contributed by atoms with E-state index in [9.17, 15) is 13.2 Å². The van der Waals surface area contributed by atoms with Crippen LogP contribution in [0.1, 0.15) is 35.3 Å². The van der Waals surface area contributed by atoms with E-state index in [0.29, 0.717) is 33.0 Å². The van der Waals surface area contributed by atoms with Gasteiger partial charge in [0.2, 0.25) is 22.1 Å². The van der Waals surface area contributed by atoms with Crippen LogP contribution in [0, 0.1) is 0 Å². The van der Waals surface area contributed by atoms with Crippen molar-refractivity contribution in [2.75, 3.05) is 6.79 Å². The molecule has 2 heterocycles. The number of fused-ring (bicyclic) bond motifs is 2. The molecular formula is C22H20ClNO6S. The smallest absolute Gasteiger partial charge is 0.307 e. The summed E-state index contributed by atoms with van der Waals surface area (Å²) in [6.07, 6.45) is 1.33. The topological polar surface area (TPSA) is 94.7 Å². The Morgan fingerprint density at radius 2 is 2.00 bits per heavy atom. The summed E-state index contributed by atoms with van der Waals surface area (Å²) < 4.78 is 43.5. The minimum atomic E-state index is -4.12. The zero-order valence-electron chi connectivity index (χ0n) is 16.6. The molecule has 4 rings (SSSR count). The molecule has 0 spiro atoms. The molecule has 2 atom stereocenters. The third-order valence-electron chi connectivity index (χ3n) is 4.98. The molecular weight excluding hydrogens is 442 g/mol. The highest BCUT2D eigenvalue weighted by Crippen LogP contribution is 2.41. The fourth-order valence-electron chi connectivity index (χ4n) is 3.45. The summed E-state index contributed by atoms with van der Waals surface area (Å²) in [5.41, 5.74) is -0.229. The molecule has 1 N–H and O–H groups in total. The number of H-pyrrole nitrogens is 1. The van der Waals surface area contributed by atoms with Gasteiger partial charge in [0, 0.05) is 22.3 Å². The lowest BCUT2D eigenvalue weighted by atomic mass is 10.1. The van der Waals surface area contributed by atoms with Gasteiger partial charge < -0.3 is 19.2 Å². The highest BCUT2D eigenvalue weighted by molar-refractivity contribution is 7.91. The molecule has 1 aliphatic rings. The summed E-state index contributed by atoms with van der Waals surface area (Å²) >= 11 is 6.05. The minimum absolute atomic E-state index is 0.0286. The summed E-state index contributed by atoms with van der Waals surface area (Å²) in [6.45, 7) is 5.37. The number of hydrogen-bond donors (Lipinski definition) is 1. The third kappa shape index (κ3) is 4.00. The number of carbonyl (C=O) groups is 1. The minimum Gasteiger partial charge on any atom is -0.454 e. The van der Waals surface area contributed by atoms with Crippen molar-refractivity contribution in [2.45, 2.75) is 24.0 Å². The zero-order chi connectivity index (χ0) is 22.2. The normalized spacial score (nSPS) is 14.9. The monoisotopic (exact) mass is 461 g/mol. The van der Waals surface area contributed by atoms with Gasteiger partial charge >= 0.3 is 5.97 Å². The first-order valence-electron chi connectivity index (χ1n) is 9.56. The van der Waals surface area contributed by atoms with Crippen molar-refractivity contribution in [3.8, 4) is 11.5 Å². The van der Waals surface area contributed by atoms with E-state index in [1.807, 2.05) is 0 Å². The maximum Gasteiger partial charge on any atom is 0.307 e. The van der Waals surface area contributed by atoms with Crippen molar-refractivity contribution < 1.29 is 27.4 Å². The SMILES string of the molecule is C=CC(c1ccc2c(c1)OCO2)S(=O)(=O)C(OC(=O)CC)c1cc2cc(Cl)ccc2[nH]1. The van der Waals surface area contributed by atoms with E-state index >= 15 is 0 Å². The van der Waals surface area contributed by atoms with Crippen molar-refractivity contribution in [1.82, 2.24) is 4.98 Å². The maximum absolute atomic E-state index is 13.7. The van der Waals surface area contributed by atoms with Crippen LogP contribution in [0.25, 0.3) is 10.9 Å². The van der Waals surface area contributed by atoms with E-state index < -0.39 is 26.5 Å². The molecule has 9 heteroatoms. The van der Waals surface area contributed by atoms with Crippen molar-refractivity contribution in [3.05, 3.63) is 71.4 Å². The lowest BCUT2D eigenvalue weighted by Crippen LogP contribution is -2.24. The van der Waals surface area contributed by atoms with Crippen LogP contribution in [0.5, 0.6) is 11.5 Å². The Kier molecular flexibility index (Phi) is 5.68. The molecule has 162 valence electrons. The summed E-state index contributed by atoms with van der Waals surface area (Å²) in [4.78, 5) is 15.2. The largest absolute Gasteiger partial charge is 0.454 e. The van der Waals surface area contributed by atoms with Crippen LogP contribution in [0.4, 0.5) is 0 Å². The van der Waals surface area contributed by atoms with E-state index in [2.05, 4.69) is 11.6 Å². The zero-order valence-corrected chi connectivity index (χ0v) is 18.2. The van der Waals surface area contributed by atoms with Crippen LogP contribution < -0.4 is 9.47 Å². The van der Waals surface area contributed by atoms with Crippen LogP contribution >= 0.6 is 11.6 Å². The number of nitrogens with one attached hydrogen (secondary N) is 1. The van der Waals surface area contributed by atoms with Gasteiger partial charge in [-0.1, -0.05) is 30.7 Å². The number of esters is 1. The molecule has 3 aromatic rings. The number of halogens is 1. The van der Waals surface area contributed by atoms with E-state index in [-0.39, 0.29) is 18.9 Å². The van der Waals surface area contributed by atoms with Gasteiger partial charge in [-0.2, -0.15) is 0 Å². The van der Waals surface area contributed by atoms with Crippen molar-refractivity contribution in [2.24, 2.45) is 0 Å². The highest BCUT2D eigenvalue weighted by atomic mass is 35.5. The average Bonchev–Trinajstić information content (AvgIpc) is 3.37. The van der Waals surface area contributed by atoms with Gasteiger partial charge in [-0.05, 0) is 42.0 Å². The second kappa shape index (κ2) is 8.28. The average molecular weight is 462 g/mol. The fourth-order valence-corrected chi connectivity index (χ4v) is 5.41. The predicted molar refractivity (Wildman–Crippen MR) is 117 cm³/mol. The number of hydrogen-bond acceptors (Lipinski definition) is 6. The number of aromatic nitrogens is 1. The van der Waals surface area contributed by atoms with Gasteiger partial charge in [-0.3, -0.25) is 4.79 Å². The molecule has 0 amide bonds. The number of sulfone groups is 1. The van der Waals surface area contributed by atoms with Gasteiger partial charge in [0.05, 0.1) is 5.69 Å². The van der Waals surface area contributed by atoms with Gasteiger partial charge in [-0.25, -0.2) is 8.42 Å². The Morgan fingerprint density at radius 1 is 1.23 bits per heavy atom. The van der Waals surface area contributed by atoms with Crippen molar-refractivity contribution in [3.63, 3.8) is 0 Å². The fraction of sp³-hybridized carbons (Fsp3) is 0.227. The number of ether oxygens (including phenoxy) is 3. The van der Waals surface area contributed by atoms with Crippen LogP contribution in [-0.4, -0.2) is 26.2 Å². The van der Waals surface area contributed by atoms with E-state index in [1.54, 1.807) is 49.4 Å². The van der Waals surface area contributed by atoms with Gasteiger partial charge in [0.25, 0.3) is 0 Å². The second-order valence-corrected chi connectivity index (χ2v) is 9.54. The Bertz CT molecular complexity index is 1270. The summed E-state index contributed by atoms with van der Waals surface area (Å²) in [6, 6.07) is 11.6. The first-order chi connectivity index (χ1) is 14.8. The molecule has 31 heavy (non-hydrogen) atoms. The number of aromatic amines is 1. The molecule has 0 saturated carbocycles. The third-order valence-corrected chi connectivity index (χ3v) is 7.33. The predicted octanol–water partition coefficient (Wildman–Crippen LogP) is 4.84. The lowest BCUT2D eigenvalue weighted by Gasteiger charge is -2.22. The number of rotatable bonds is 7. The molecule has 7 nitrogen and oxygen atoms in total. The van der Waals surface area contributed by atoms with Gasteiger partial charge in [0.1, 0.15) is 5.25 Å². The summed E-state index contributed by atoms with van der Waals surface area (Å²) in [5, 5.41) is 0.0625. The first kappa shape index (κ1) is 21.3. The summed E-state index contributed by atoms with van der Waals surface area (Å²) in [7, 11) is -4.12. The molecule has 2 aromatic carbocycles. The van der Waals surface area contributed by atoms with Crippen molar-refractivity contribution >= 4 is 38.3 Å². The quantitative estimate of drug-likeness (QED) is 0.399. The second-order valence-electron chi connectivity index (χ2n) is 6.99. The molecule has 0 bridgehead atoms. The van der Waals surface area contributed by atoms with E-state index in [4.69, 9.17) is 25.8 Å². The van der Waals surface area contributed by atoms with Crippen LogP contribution in [0.2, 0.25) is 5.02 Å². The molecule has 0 fully saturated rings. The number of carbonyl (C=O) groups excluding carboxylic acids is 1. The van der Waals surface area contributed by atoms with Crippen LogP contribution in [0.15, 0.2) is 55.1 Å². The molecule has 1 aliphatic heterocycles. The molecule has 0 radical (unpaired) electrons. The Hall–Kier alpha value is -2.97. The molecule has 2 unspecified atom stereocenters. The van der Waals surface area contributed by atoms with Crippen LogP contribution in [-0.2, 0) is 19.4 Å². The Morgan fingerprint density at radius 3 is 2.74 bits per heavy atom. The standard InChI is InChI=1S/C22H20ClNO6S/c1-3-20(13-5-8-18-19(11-13)29-12-28-18)31(26,27)22(30-21(25)4-2)17-10-14-9-15(23)6-7-16(14)24-17/h3,5-11,20,22,24H,1,4,12H2,2H3. The van der Waals surface area contributed by atoms with E-state index in [0.717, 1.165) is 0 Å². The highest BCUT2D eigenvalue weighted by Gasteiger charge is 2.39. The van der Waals surface area contributed by atoms with E-state index in [1.165, 1.54) is 6.08 Å². The molecule has 0 aliphatic carbocycles. The first-order valence-corrected chi connectivity index (χ1v) is 11.5. The Labute approximate surface area is 184 Å². The van der Waals surface area contributed by atoms with Gasteiger partial charge in [0.15, 0.2) is 11.5 Å². The molecule has 0 saturated heterocycles. The number of benzene rings is 2. The van der Waals surface area contributed by atoms with Crippen LogP contribution in [0.3, 0.4) is 0 Å². The summed E-state index contributed by atoms with van der Waals surface area (Å²) in [5.74, 6) is 0.339. The van der Waals surface area contributed by atoms with Gasteiger partial charge in [-0.15, -0.1) is 6.58 Å². The lowest BCUT2D eigenvalue weighted by molar-refractivity contribution is -0.145. The maximum atomic E-state index is 13.7. The van der Waals surface area contributed by atoms with Crippen molar-refractivity contribution in [1.29, 1.82) is 0 Å². The Balaban J connectivity index is 1.79.